The summed E-state index contributed by atoms with van der Waals surface area (Å²) in [5.74, 6) is 0.839. The fourth-order valence-electron chi connectivity index (χ4n) is 2.67. The van der Waals surface area contributed by atoms with Gasteiger partial charge in [-0.3, -0.25) is 4.79 Å². The molecule has 0 bridgehead atoms. The Kier molecular flexibility index (Phi) is 4.32. The maximum atomic E-state index is 10.6. The van der Waals surface area contributed by atoms with E-state index in [1.165, 1.54) is 31.0 Å². The lowest BCUT2D eigenvalue weighted by Gasteiger charge is -2.12. The second-order valence-electron chi connectivity index (χ2n) is 5.28. The van der Waals surface area contributed by atoms with Gasteiger partial charge >= 0.3 is 5.97 Å². The van der Waals surface area contributed by atoms with Gasteiger partial charge in [0.25, 0.3) is 0 Å². The van der Waals surface area contributed by atoms with Crippen molar-refractivity contribution in [3.05, 3.63) is 11.9 Å². The molecule has 1 aromatic rings. The van der Waals surface area contributed by atoms with E-state index < -0.39 is 5.97 Å². The number of nitrogens with zero attached hydrogens (tertiary/aromatic N) is 2. The first-order chi connectivity index (χ1) is 8.54. The van der Waals surface area contributed by atoms with Gasteiger partial charge < -0.3 is 9.67 Å². The second kappa shape index (κ2) is 5.78. The van der Waals surface area contributed by atoms with Crippen molar-refractivity contribution in [2.24, 2.45) is 11.8 Å². The molecule has 2 rings (SSSR count). The summed E-state index contributed by atoms with van der Waals surface area (Å²) in [6.07, 6.45) is 5.91. The van der Waals surface area contributed by atoms with E-state index in [0.29, 0.717) is 0 Å². The quantitative estimate of drug-likeness (QED) is 0.834. The number of hydrogen-bond donors (Lipinski definition) is 1. The number of imidazole rings is 1. The minimum atomic E-state index is -0.790. The molecular weight excluding hydrogens is 248 g/mol. The third-order valence-electron chi connectivity index (χ3n) is 3.44. The molecule has 1 aliphatic rings. The highest BCUT2D eigenvalue weighted by Crippen LogP contribution is 2.32. The first-order valence-corrected chi connectivity index (χ1v) is 7.41. The molecule has 1 aliphatic carbocycles. The highest BCUT2D eigenvalue weighted by molar-refractivity contribution is 7.99. The zero-order valence-electron chi connectivity index (χ0n) is 10.9. The van der Waals surface area contributed by atoms with Crippen molar-refractivity contribution in [1.29, 1.82) is 0 Å². The zero-order valence-corrected chi connectivity index (χ0v) is 11.7. The Bertz CT molecular complexity index is 431. The predicted molar refractivity (Wildman–Crippen MR) is 71.8 cm³/mol. The van der Waals surface area contributed by atoms with Gasteiger partial charge in [0.1, 0.15) is 0 Å². The number of carboxylic acid groups (broad SMARTS) is 1. The summed E-state index contributed by atoms with van der Waals surface area (Å²) in [5, 5.41) is 9.58. The van der Waals surface area contributed by atoms with Crippen LogP contribution in [0.2, 0.25) is 0 Å². The van der Waals surface area contributed by atoms with Crippen LogP contribution in [0.5, 0.6) is 0 Å². The number of aliphatic carboxylic acids is 1. The number of carbonyl (C=O) groups is 1. The molecule has 0 amide bonds. The number of hydrogen-bond acceptors (Lipinski definition) is 3. The van der Waals surface area contributed by atoms with E-state index in [9.17, 15) is 4.79 Å². The van der Waals surface area contributed by atoms with Crippen molar-refractivity contribution < 1.29 is 9.90 Å². The Hall–Kier alpha value is -0.970. The van der Waals surface area contributed by atoms with Crippen LogP contribution in [-0.2, 0) is 11.3 Å². The average Bonchev–Trinajstić information content (AvgIpc) is 2.83. The molecule has 2 unspecified atom stereocenters. The summed E-state index contributed by atoms with van der Waals surface area (Å²) < 4.78 is 2.13. The molecule has 0 aliphatic heterocycles. The van der Waals surface area contributed by atoms with Crippen molar-refractivity contribution in [2.75, 3.05) is 5.75 Å². The minimum Gasteiger partial charge on any atom is -0.481 e. The van der Waals surface area contributed by atoms with E-state index in [2.05, 4.69) is 16.5 Å². The number of rotatable bonds is 5. The van der Waals surface area contributed by atoms with Crippen LogP contribution >= 0.6 is 11.8 Å². The Morgan fingerprint density at radius 3 is 3.00 bits per heavy atom. The summed E-state index contributed by atoms with van der Waals surface area (Å²) in [6.45, 7) is 5.24. The van der Waals surface area contributed by atoms with Gasteiger partial charge in [0.05, 0.1) is 11.4 Å². The highest BCUT2D eigenvalue weighted by atomic mass is 32.2. The topological polar surface area (TPSA) is 55.1 Å². The summed E-state index contributed by atoms with van der Waals surface area (Å²) in [7, 11) is 0. The molecule has 4 nitrogen and oxygen atoms in total. The van der Waals surface area contributed by atoms with Crippen LogP contribution in [0.1, 0.15) is 31.9 Å². The SMILES string of the molecule is Cc1cn(CC2CCC(C)C2)c(SCC(=O)O)n1. The van der Waals surface area contributed by atoms with Crippen LogP contribution < -0.4 is 0 Å². The van der Waals surface area contributed by atoms with Gasteiger partial charge in [0.2, 0.25) is 0 Å². The van der Waals surface area contributed by atoms with Crippen LogP contribution in [0, 0.1) is 18.8 Å². The lowest BCUT2D eigenvalue weighted by atomic mass is 10.1. The smallest absolute Gasteiger partial charge is 0.313 e. The molecule has 2 atom stereocenters. The normalized spacial score (nSPS) is 23.4. The minimum absolute atomic E-state index is 0.0809. The number of aromatic nitrogens is 2. The lowest BCUT2D eigenvalue weighted by Crippen LogP contribution is -2.09. The monoisotopic (exact) mass is 268 g/mol. The Labute approximate surface area is 112 Å². The first-order valence-electron chi connectivity index (χ1n) is 6.43. The second-order valence-corrected chi connectivity index (χ2v) is 6.23. The maximum absolute atomic E-state index is 10.6. The van der Waals surface area contributed by atoms with Gasteiger partial charge in [-0.1, -0.05) is 25.1 Å². The molecule has 0 radical (unpaired) electrons. The molecule has 0 saturated heterocycles. The van der Waals surface area contributed by atoms with Crippen molar-refractivity contribution in [3.63, 3.8) is 0 Å². The zero-order chi connectivity index (χ0) is 13.1. The molecule has 1 heterocycles. The summed E-state index contributed by atoms with van der Waals surface area (Å²) in [5.41, 5.74) is 0.967. The van der Waals surface area contributed by atoms with E-state index in [1.54, 1.807) is 0 Å². The molecule has 100 valence electrons. The molecule has 0 aromatic carbocycles. The van der Waals surface area contributed by atoms with E-state index in [4.69, 9.17) is 5.11 Å². The molecule has 1 fully saturated rings. The maximum Gasteiger partial charge on any atom is 0.313 e. The van der Waals surface area contributed by atoms with Gasteiger partial charge in [-0.2, -0.15) is 0 Å². The molecule has 1 N–H and O–H groups in total. The largest absolute Gasteiger partial charge is 0.481 e. The van der Waals surface area contributed by atoms with Crippen molar-refractivity contribution in [3.8, 4) is 0 Å². The van der Waals surface area contributed by atoms with Crippen molar-refractivity contribution in [1.82, 2.24) is 9.55 Å². The fraction of sp³-hybridized carbons (Fsp3) is 0.692. The average molecular weight is 268 g/mol. The Morgan fingerprint density at radius 2 is 2.39 bits per heavy atom. The van der Waals surface area contributed by atoms with Crippen molar-refractivity contribution in [2.45, 2.75) is 44.8 Å². The van der Waals surface area contributed by atoms with Crippen LogP contribution in [0.15, 0.2) is 11.4 Å². The number of aryl methyl sites for hydroxylation is 1. The van der Waals surface area contributed by atoms with Crippen molar-refractivity contribution >= 4 is 17.7 Å². The highest BCUT2D eigenvalue weighted by Gasteiger charge is 2.22. The Balaban J connectivity index is 2.00. The first kappa shape index (κ1) is 13.5. The van der Waals surface area contributed by atoms with Crippen LogP contribution in [0.3, 0.4) is 0 Å². The summed E-state index contributed by atoms with van der Waals surface area (Å²) in [4.78, 5) is 15.0. The van der Waals surface area contributed by atoms with Gasteiger partial charge in [-0.15, -0.1) is 0 Å². The molecular formula is C13H20N2O2S. The molecule has 18 heavy (non-hydrogen) atoms. The lowest BCUT2D eigenvalue weighted by molar-refractivity contribution is -0.133. The van der Waals surface area contributed by atoms with Crippen LogP contribution in [0.4, 0.5) is 0 Å². The summed E-state index contributed by atoms with van der Waals surface area (Å²) in [6, 6.07) is 0. The standard InChI is InChI=1S/C13H20N2O2S/c1-9-3-4-11(5-9)7-15-6-10(2)14-13(15)18-8-12(16)17/h6,9,11H,3-5,7-8H2,1-2H3,(H,16,17). The summed E-state index contributed by atoms with van der Waals surface area (Å²) >= 11 is 1.31. The molecule has 5 heteroatoms. The predicted octanol–water partition coefficient (Wildman–Crippen LogP) is 2.80. The third kappa shape index (κ3) is 3.51. The molecule has 0 spiro atoms. The number of thioether (sulfide) groups is 1. The van der Waals surface area contributed by atoms with E-state index in [-0.39, 0.29) is 5.75 Å². The van der Waals surface area contributed by atoms with Crippen LogP contribution in [0.25, 0.3) is 0 Å². The fourth-order valence-corrected chi connectivity index (χ4v) is 3.42. The van der Waals surface area contributed by atoms with E-state index in [0.717, 1.165) is 29.2 Å². The van der Waals surface area contributed by atoms with E-state index in [1.807, 2.05) is 13.1 Å². The van der Waals surface area contributed by atoms with E-state index >= 15 is 0 Å². The van der Waals surface area contributed by atoms with Crippen LogP contribution in [-0.4, -0.2) is 26.4 Å². The molecule has 1 aromatic heterocycles. The van der Waals surface area contributed by atoms with Gasteiger partial charge in [-0.05, 0) is 31.6 Å². The Morgan fingerprint density at radius 1 is 1.61 bits per heavy atom. The molecule has 1 saturated carbocycles. The van der Waals surface area contributed by atoms with Gasteiger partial charge in [0, 0.05) is 12.7 Å². The number of carboxylic acids is 1. The third-order valence-corrected chi connectivity index (χ3v) is 4.42. The van der Waals surface area contributed by atoms with Gasteiger partial charge in [0.15, 0.2) is 5.16 Å². The van der Waals surface area contributed by atoms with Gasteiger partial charge in [-0.25, -0.2) is 4.98 Å².